The molecule has 10 nitrogen and oxygen atoms in total. The number of carbonyl (C=O) groups excluding carboxylic acids is 2. The topological polar surface area (TPSA) is 121 Å². The molecular weight excluding hydrogens is 592 g/mol. The van der Waals surface area contributed by atoms with Crippen LogP contribution in [0.5, 0.6) is 5.88 Å². The van der Waals surface area contributed by atoms with E-state index in [0.29, 0.717) is 11.4 Å². The van der Waals surface area contributed by atoms with Crippen molar-refractivity contribution in [2.24, 2.45) is 16.2 Å². The van der Waals surface area contributed by atoms with Crippen molar-refractivity contribution >= 4 is 28.2 Å². The molecule has 0 amide bonds. The lowest BCUT2D eigenvalue weighted by Gasteiger charge is -2.37. The maximum atomic E-state index is 14.2. The van der Waals surface area contributed by atoms with Gasteiger partial charge in [-0.15, -0.1) is 0 Å². The Bertz CT molecular complexity index is 1670. The lowest BCUT2D eigenvalue weighted by Crippen LogP contribution is -2.47. The molecule has 45 heavy (non-hydrogen) atoms. The third kappa shape index (κ3) is 8.51. The van der Waals surface area contributed by atoms with Gasteiger partial charge in [0.05, 0.1) is 13.2 Å². The summed E-state index contributed by atoms with van der Waals surface area (Å²) in [5.41, 5.74) is -1.47. The van der Waals surface area contributed by atoms with Gasteiger partial charge in [-0.05, 0) is 36.5 Å². The number of ether oxygens (including phenoxy) is 3. The van der Waals surface area contributed by atoms with Crippen LogP contribution >= 0.6 is 11.3 Å². The smallest absolute Gasteiger partial charge is 0.340 e. The first-order chi connectivity index (χ1) is 20.6. The second-order valence-electron chi connectivity index (χ2n) is 15.9. The van der Waals surface area contributed by atoms with Crippen LogP contribution in [0.3, 0.4) is 0 Å². The zero-order chi connectivity index (χ0) is 33.5. The third-order valence-corrected chi connectivity index (χ3v) is 7.57. The highest BCUT2D eigenvalue weighted by Crippen LogP contribution is 2.40. The molecule has 0 aliphatic carbocycles. The molecule has 0 spiro atoms. The predicted molar refractivity (Wildman–Crippen MR) is 175 cm³/mol. The molecule has 244 valence electrons. The normalized spacial score (nSPS) is 15.8. The molecule has 1 aliphatic rings. The van der Waals surface area contributed by atoms with Crippen LogP contribution in [0.4, 0.5) is 0 Å². The zero-order valence-electron chi connectivity index (χ0n) is 28.3. The molecule has 1 aromatic carbocycles. The van der Waals surface area contributed by atoms with Crippen LogP contribution in [-0.2, 0) is 19.1 Å². The van der Waals surface area contributed by atoms with Gasteiger partial charge in [0.1, 0.15) is 22.1 Å². The Morgan fingerprint density at radius 3 is 2.09 bits per heavy atom. The molecule has 1 unspecified atom stereocenters. The van der Waals surface area contributed by atoms with E-state index >= 15 is 0 Å². The van der Waals surface area contributed by atoms with Gasteiger partial charge in [0.15, 0.2) is 0 Å². The molecule has 0 fully saturated rings. The lowest BCUT2D eigenvalue weighted by molar-refractivity contribution is -0.151. The first kappa shape index (κ1) is 34.1. The molecule has 0 saturated heterocycles. The summed E-state index contributed by atoms with van der Waals surface area (Å²) in [6.07, 6.45) is 0.688. The van der Waals surface area contributed by atoms with Gasteiger partial charge in [0, 0.05) is 11.1 Å². The van der Waals surface area contributed by atoms with Crippen molar-refractivity contribution in [1.82, 2.24) is 19.9 Å². The SMILES string of the molecule is CC(C)(C)COC(=O)C1=C(NC(C)(C)CC(C)(C)C)Oc2nc3sc(-c4ccccc4)nn3c(=O)c2C1C(=O)OCC(C)(C)C. The molecule has 0 bridgehead atoms. The maximum absolute atomic E-state index is 14.2. The summed E-state index contributed by atoms with van der Waals surface area (Å²) in [7, 11) is 0. The molecule has 3 heterocycles. The van der Waals surface area contributed by atoms with E-state index in [-0.39, 0.29) is 57.3 Å². The molecule has 3 aromatic rings. The Kier molecular flexibility index (Phi) is 9.28. The average Bonchev–Trinajstić information content (AvgIpc) is 3.32. The standard InChI is InChI=1S/C34H46N4O6S/c1-31(2,3)17-34(10,11)36-25-23(29(41)43-19-33(7,8)9)21(28(40)42-18-32(4,5)6)22-24(44-25)35-30-38(27(22)39)37-26(45-30)20-15-13-12-14-16-20/h12-16,21,36H,17-19H2,1-11H3. The number of carbonyl (C=O) groups is 2. The van der Waals surface area contributed by atoms with Gasteiger partial charge in [0.2, 0.25) is 16.7 Å². The van der Waals surface area contributed by atoms with Gasteiger partial charge in [-0.2, -0.15) is 14.6 Å². The van der Waals surface area contributed by atoms with Crippen LogP contribution in [0.15, 0.2) is 46.6 Å². The highest BCUT2D eigenvalue weighted by Gasteiger charge is 2.46. The summed E-state index contributed by atoms with van der Waals surface area (Å²) in [5, 5.41) is 8.46. The first-order valence-electron chi connectivity index (χ1n) is 15.2. The summed E-state index contributed by atoms with van der Waals surface area (Å²) in [6, 6.07) is 9.42. The molecule has 11 heteroatoms. The molecule has 2 aromatic heterocycles. The number of hydrogen-bond acceptors (Lipinski definition) is 10. The number of benzene rings is 1. The largest absolute Gasteiger partial charge is 0.464 e. The summed E-state index contributed by atoms with van der Waals surface area (Å²) >= 11 is 1.22. The Balaban J connectivity index is 1.94. The summed E-state index contributed by atoms with van der Waals surface area (Å²) < 4.78 is 19.0. The van der Waals surface area contributed by atoms with Crippen molar-refractivity contribution in [3.05, 3.63) is 57.7 Å². The van der Waals surface area contributed by atoms with E-state index in [2.05, 4.69) is 36.2 Å². The fraction of sp³-hybridized carbons (Fsp3) is 0.559. The monoisotopic (exact) mass is 638 g/mol. The molecule has 1 N–H and O–H groups in total. The first-order valence-corrected chi connectivity index (χ1v) is 16.0. The van der Waals surface area contributed by atoms with E-state index in [1.165, 1.54) is 11.3 Å². The minimum Gasteiger partial charge on any atom is -0.464 e. The number of rotatable bonds is 8. The summed E-state index contributed by atoms with van der Waals surface area (Å²) in [6.45, 7) is 22.0. The average molecular weight is 639 g/mol. The van der Waals surface area contributed by atoms with E-state index < -0.39 is 29.0 Å². The van der Waals surface area contributed by atoms with Crippen LogP contribution in [-0.4, -0.2) is 45.3 Å². The second-order valence-corrected chi connectivity index (χ2v) is 16.9. The van der Waals surface area contributed by atoms with E-state index in [4.69, 9.17) is 14.2 Å². The van der Waals surface area contributed by atoms with Crippen molar-refractivity contribution in [2.45, 2.75) is 94.0 Å². The Labute approximate surface area is 269 Å². The van der Waals surface area contributed by atoms with Gasteiger partial charge < -0.3 is 19.5 Å². The maximum Gasteiger partial charge on any atom is 0.340 e. The van der Waals surface area contributed by atoms with Crippen LogP contribution in [0, 0.1) is 16.2 Å². The van der Waals surface area contributed by atoms with Crippen LogP contribution in [0.1, 0.15) is 94.1 Å². The van der Waals surface area contributed by atoms with Crippen molar-refractivity contribution in [3.8, 4) is 16.5 Å². The van der Waals surface area contributed by atoms with Crippen molar-refractivity contribution in [2.75, 3.05) is 13.2 Å². The molecule has 0 saturated carbocycles. The molecule has 1 atom stereocenters. The highest BCUT2D eigenvalue weighted by molar-refractivity contribution is 7.19. The Hall–Kier alpha value is -3.73. The van der Waals surface area contributed by atoms with Crippen molar-refractivity contribution in [3.63, 3.8) is 0 Å². The summed E-state index contributed by atoms with van der Waals surface area (Å²) in [5.74, 6) is -3.09. The predicted octanol–water partition coefficient (Wildman–Crippen LogP) is 6.49. The Morgan fingerprint density at radius 2 is 1.51 bits per heavy atom. The van der Waals surface area contributed by atoms with E-state index in [1.807, 2.05) is 85.7 Å². The molecule has 0 radical (unpaired) electrons. The Morgan fingerprint density at radius 1 is 0.911 bits per heavy atom. The molecule has 1 aliphatic heterocycles. The minimum atomic E-state index is -1.46. The van der Waals surface area contributed by atoms with Crippen molar-refractivity contribution < 1.29 is 23.8 Å². The van der Waals surface area contributed by atoms with Gasteiger partial charge in [0.25, 0.3) is 5.56 Å². The van der Waals surface area contributed by atoms with E-state index in [0.717, 1.165) is 10.1 Å². The number of aromatic nitrogens is 3. The number of nitrogens with zero attached hydrogens (tertiary/aromatic N) is 3. The number of hydrogen-bond donors (Lipinski definition) is 1. The minimum absolute atomic E-state index is 0.0115. The number of nitrogens with one attached hydrogen (secondary N) is 1. The van der Waals surface area contributed by atoms with E-state index in [9.17, 15) is 14.4 Å². The van der Waals surface area contributed by atoms with E-state index in [1.54, 1.807) is 0 Å². The fourth-order valence-corrected chi connectivity index (χ4v) is 6.12. The quantitative estimate of drug-likeness (QED) is 0.276. The van der Waals surface area contributed by atoms with Crippen LogP contribution < -0.4 is 15.6 Å². The zero-order valence-corrected chi connectivity index (χ0v) is 29.1. The van der Waals surface area contributed by atoms with Crippen LogP contribution in [0.2, 0.25) is 0 Å². The number of esters is 2. The van der Waals surface area contributed by atoms with Gasteiger partial charge >= 0.3 is 11.9 Å². The molecular formula is C34H46N4O6S. The fourth-order valence-electron chi connectivity index (χ4n) is 5.24. The van der Waals surface area contributed by atoms with Gasteiger partial charge in [-0.25, -0.2) is 4.79 Å². The summed E-state index contributed by atoms with van der Waals surface area (Å²) in [4.78, 5) is 47.1. The number of fused-ring (bicyclic) bond motifs is 2. The van der Waals surface area contributed by atoms with Crippen LogP contribution in [0.25, 0.3) is 15.5 Å². The van der Waals surface area contributed by atoms with Gasteiger partial charge in [-0.1, -0.05) is 104 Å². The lowest BCUT2D eigenvalue weighted by atomic mass is 9.81. The van der Waals surface area contributed by atoms with Crippen molar-refractivity contribution in [1.29, 1.82) is 0 Å². The second kappa shape index (κ2) is 12.2. The van der Waals surface area contributed by atoms with Gasteiger partial charge in [-0.3, -0.25) is 9.59 Å². The third-order valence-electron chi connectivity index (χ3n) is 6.62. The molecule has 4 rings (SSSR count). The highest BCUT2D eigenvalue weighted by atomic mass is 32.1.